The van der Waals surface area contributed by atoms with Crippen LogP contribution in [-0.2, 0) is 14.3 Å². The fourth-order valence-electron chi connectivity index (χ4n) is 2.41. The number of ether oxygens (including phenoxy) is 1. The molecule has 0 aliphatic heterocycles. The molecule has 3 heteroatoms. The molecule has 0 amide bonds. The number of rotatable bonds is 6. The van der Waals surface area contributed by atoms with Gasteiger partial charge < -0.3 is 9.53 Å². The molecule has 0 bridgehead atoms. The fourth-order valence-corrected chi connectivity index (χ4v) is 2.41. The van der Waals surface area contributed by atoms with E-state index >= 15 is 0 Å². The molecule has 1 aliphatic rings. The molecule has 98 valence electrons. The summed E-state index contributed by atoms with van der Waals surface area (Å²) >= 11 is 0. The predicted octanol–water partition coefficient (Wildman–Crippen LogP) is 3.12. The summed E-state index contributed by atoms with van der Waals surface area (Å²) in [5.74, 6) is 0.620. The number of hydrogen-bond donors (Lipinski definition) is 0. The van der Waals surface area contributed by atoms with Crippen LogP contribution in [0.4, 0.5) is 0 Å². The highest BCUT2D eigenvalue weighted by atomic mass is 16.5. The minimum atomic E-state index is -0.0280. The van der Waals surface area contributed by atoms with Gasteiger partial charge in [-0.2, -0.15) is 0 Å². The Hall–Kier alpha value is -0.860. The van der Waals surface area contributed by atoms with Crippen molar-refractivity contribution < 1.29 is 14.3 Å². The van der Waals surface area contributed by atoms with Gasteiger partial charge in [-0.1, -0.05) is 26.2 Å². The van der Waals surface area contributed by atoms with E-state index < -0.39 is 0 Å². The monoisotopic (exact) mass is 240 g/mol. The largest absolute Gasteiger partial charge is 0.465 e. The summed E-state index contributed by atoms with van der Waals surface area (Å²) in [6.07, 6.45) is 6.91. The molecule has 17 heavy (non-hydrogen) atoms. The summed E-state index contributed by atoms with van der Waals surface area (Å²) in [7, 11) is 0. The average molecular weight is 240 g/mol. The Labute approximate surface area is 104 Å². The first kappa shape index (κ1) is 14.2. The number of hydrogen-bond acceptors (Lipinski definition) is 3. The average Bonchev–Trinajstić information content (AvgIpc) is 2.29. The third-order valence-electron chi connectivity index (χ3n) is 3.43. The van der Waals surface area contributed by atoms with Crippen molar-refractivity contribution >= 4 is 11.8 Å². The molecule has 1 atom stereocenters. The van der Waals surface area contributed by atoms with Gasteiger partial charge in [-0.05, 0) is 32.1 Å². The van der Waals surface area contributed by atoms with Crippen molar-refractivity contribution in [2.24, 2.45) is 11.8 Å². The van der Waals surface area contributed by atoms with Gasteiger partial charge in [-0.3, -0.25) is 4.79 Å². The molecule has 1 saturated carbocycles. The second-order valence-corrected chi connectivity index (χ2v) is 5.30. The maximum Gasteiger partial charge on any atom is 0.308 e. The molecule has 0 aromatic carbocycles. The molecule has 1 rings (SSSR count). The second kappa shape index (κ2) is 7.46. The van der Waals surface area contributed by atoms with Crippen molar-refractivity contribution in [1.29, 1.82) is 0 Å². The summed E-state index contributed by atoms with van der Waals surface area (Å²) in [5.41, 5.74) is 0. The summed E-state index contributed by atoms with van der Waals surface area (Å²) in [6, 6.07) is 0. The molecular formula is C14H24O3. The molecular weight excluding hydrogens is 216 g/mol. The highest BCUT2D eigenvalue weighted by Gasteiger charge is 2.22. The van der Waals surface area contributed by atoms with E-state index in [4.69, 9.17) is 4.74 Å². The zero-order chi connectivity index (χ0) is 12.7. The lowest BCUT2D eigenvalue weighted by molar-refractivity contribution is -0.150. The molecule has 0 spiro atoms. The van der Waals surface area contributed by atoms with Crippen LogP contribution < -0.4 is 0 Å². The van der Waals surface area contributed by atoms with Gasteiger partial charge in [0.25, 0.3) is 0 Å². The molecule has 1 fully saturated rings. The van der Waals surface area contributed by atoms with Crippen LogP contribution >= 0.6 is 0 Å². The van der Waals surface area contributed by atoms with Crippen molar-refractivity contribution in [2.45, 2.75) is 58.8 Å². The van der Waals surface area contributed by atoms with Crippen LogP contribution in [0.25, 0.3) is 0 Å². The molecule has 0 aromatic heterocycles. The van der Waals surface area contributed by atoms with Crippen LogP contribution in [0.15, 0.2) is 0 Å². The predicted molar refractivity (Wildman–Crippen MR) is 66.6 cm³/mol. The summed E-state index contributed by atoms with van der Waals surface area (Å²) in [5, 5.41) is 0. The molecule has 0 saturated heterocycles. The first-order valence-corrected chi connectivity index (χ1v) is 6.75. The van der Waals surface area contributed by atoms with Gasteiger partial charge in [0.2, 0.25) is 0 Å². The van der Waals surface area contributed by atoms with Gasteiger partial charge >= 0.3 is 5.97 Å². The Balaban J connectivity index is 2.12. The molecule has 3 nitrogen and oxygen atoms in total. The Bertz CT molecular complexity index is 254. The molecule has 1 aliphatic carbocycles. The third kappa shape index (κ3) is 5.85. The lowest BCUT2D eigenvalue weighted by atomic mass is 9.89. The van der Waals surface area contributed by atoms with E-state index in [0.29, 0.717) is 18.9 Å². The number of carbonyl (C=O) groups excluding carboxylic acids is 2. The third-order valence-corrected chi connectivity index (χ3v) is 3.43. The van der Waals surface area contributed by atoms with E-state index in [1.165, 1.54) is 6.42 Å². The lowest BCUT2D eigenvalue weighted by Gasteiger charge is -2.20. The molecule has 0 unspecified atom stereocenters. The van der Waals surface area contributed by atoms with Crippen molar-refractivity contribution in [3.8, 4) is 0 Å². The van der Waals surface area contributed by atoms with E-state index in [1.54, 1.807) is 6.92 Å². The topological polar surface area (TPSA) is 43.4 Å². The Kier molecular flexibility index (Phi) is 6.23. The van der Waals surface area contributed by atoms with E-state index in [9.17, 15) is 9.59 Å². The van der Waals surface area contributed by atoms with Crippen molar-refractivity contribution in [3.63, 3.8) is 0 Å². The molecule has 0 heterocycles. The standard InChI is InChI=1S/C14H24O3/c1-11(10-12(2)15)8-9-17-14(16)13-6-4-3-5-7-13/h11,13H,3-10H2,1-2H3/t11-/m1/s1. The van der Waals surface area contributed by atoms with E-state index in [2.05, 4.69) is 0 Å². The minimum absolute atomic E-state index is 0.0280. The van der Waals surface area contributed by atoms with Crippen molar-refractivity contribution in [1.82, 2.24) is 0 Å². The van der Waals surface area contributed by atoms with Gasteiger partial charge in [0.1, 0.15) is 5.78 Å². The Morgan fingerprint density at radius 2 is 1.88 bits per heavy atom. The van der Waals surface area contributed by atoms with Crippen molar-refractivity contribution in [2.75, 3.05) is 6.61 Å². The normalized spacial score (nSPS) is 18.7. The Morgan fingerprint density at radius 1 is 1.24 bits per heavy atom. The summed E-state index contributed by atoms with van der Waals surface area (Å²) in [4.78, 5) is 22.6. The fraction of sp³-hybridized carbons (Fsp3) is 0.857. The number of ketones is 1. The van der Waals surface area contributed by atoms with E-state index in [-0.39, 0.29) is 17.7 Å². The second-order valence-electron chi connectivity index (χ2n) is 5.30. The zero-order valence-corrected chi connectivity index (χ0v) is 11.0. The van der Waals surface area contributed by atoms with Crippen LogP contribution in [0, 0.1) is 11.8 Å². The Morgan fingerprint density at radius 3 is 2.47 bits per heavy atom. The SMILES string of the molecule is CC(=O)C[C@H](C)CCOC(=O)C1CCCCC1. The van der Waals surface area contributed by atoms with Crippen LogP contribution in [0.1, 0.15) is 58.8 Å². The molecule has 0 N–H and O–H groups in total. The van der Waals surface area contributed by atoms with Crippen molar-refractivity contribution in [3.05, 3.63) is 0 Å². The smallest absolute Gasteiger partial charge is 0.308 e. The zero-order valence-electron chi connectivity index (χ0n) is 11.0. The van der Waals surface area contributed by atoms with E-state index in [0.717, 1.165) is 32.1 Å². The van der Waals surface area contributed by atoms with Crippen LogP contribution in [0.3, 0.4) is 0 Å². The quantitative estimate of drug-likeness (QED) is 0.670. The number of esters is 1. The summed E-state index contributed by atoms with van der Waals surface area (Å²) in [6.45, 7) is 4.09. The highest BCUT2D eigenvalue weighted by molar-refractivity contribution is 5.75. The van der Waals surface area contributed by atoms with Gasteiger partial charge in [-0.25, -0.2) is 0 Å². The van der Waals surface area contributed by atoms with Gasteiger partial charge in [0.05, 0.1) is 12.5 Å². The lowest BCUT2D eigenvalue weighted by Crippen LogP contribution is -2.21. The summed E-state index contributed by atoms with van der Waals surface area (Å²) < 4.78 is 5.28. The van der Waals surface area contributed by atoms with Crippen LogP contribution in [0.5, 0.6) is 0 Å². The highest BCUT2D eigenvalue weighted by Crippen LogP contribution is 2.24. The maximum atomic E-state index is 11.7. The molecule has 0 aromatic rings. The van der Waals surface area contributed by atoms with Crippen LogP contribution in [-0.4, -0.2) is 18.4 Å². The van der Waals surface area contributed by atoms with E-state index in [1.807, 2.05) is 6.92 Å². The maximum absolute atomic E-state index is 11.7. The minimum Gasteiger partial charge on any atom is -0.465 e. The number of Topliss-reactive ketones (excluding diaryl/α,β-unsaturated/α-hetero) is 1. The van der Waals surface area contributed by atoms with Gasteiger partial charge in [0.15, 0.2) is 0 Å². The molecule has 0 radical (unpaired) electrons. The van der Waals surface area contributed by atoms with Gasteiger partial charge in [0, 0.05) is 6.42 Å². The first-order chi connectivity index (χ1) is 8.09. The van der Waals surface area contributed by atoms with Gasteiger partial charge in [-0.15, -0.1) is 0 Å². The number of carbonyl (C=O) groups is 2. The first-order valence-electron chi connectivity index (χ1n) is 6.75. The van der Waals surface area contributed by atoms with Crippen LogP contribution in [0.2, 0.25) is 0 Å².